The van der Waals surface area contributed by atoms with Crippen LogP contribution in [0, 0.1) is 12.8 Å². The van der Waals surface area contributed by atoms with Crippen molar-refractivity contribution in [3.63, 3.8) is 0 Å². The Kier molecular flexibility index (Phi) is 4.49. The number of nitrogen functional groups attached to an aromatic ring is 1. The summed E-state index contributed by atoms with van der Waals surface area (Å²) in [5.74, 6) is 8.08. The highest BCUT2D eigenvalue weighted by Gasteiger charge is 2.11. The van der Waals surface area contributed by atoms with Crippen LogP contribution in [0.3, 0.4) is 0 Å². The number of rotatable bonds is 5. The molecular formula is C11H21N5. The molecule has 2 unspecified atom stereocenters. The first-order valence-corrected chi connectivity index (χ1v) is 5.65. The van der Waals surface area contributed by atoms with E-state index in [1.807, 2.05) is 13.0 Å². The van der Waals surface area contributed by atoms with E-state index in [4.69, 9.17) is 5.84 Å². The van der Waals surface area contributed by atoms with Crippen molar-refractivity contribution in [3.8, 4) is 0 Å². The normalized spacial score (nSPS) is 14.3. The van der Waals surface area contributed by atoms with Crippen LogP contribution in [0.1, 0.15) is 33.0 Å². The van der Waals surface area contributed by atoms with Gasteiger partial charge < -0.3 is 10.7 Å². The summed E-state index contributed by atoms with van der Waals surface area (Å²) in [7, 11) is 0. The summed E-state index contributed by atoms with van der Waals surface area (Å²) >= 11 is 0. The quantitative estimate of drug-likeness (QED) is 0.525. The van der Waals surface area contributed by atoms with Gasteiger partial charge in [0.05, 0.1) is 0 Å². The highest BCUT2D eigenvalue weighted by Crippen LogP contribution is 2.15. The molecular weight excluding hydrogens is 202 g/mol. The second kappa shape index (κ2) is 5.65. The molecule has 1 rings (SSSR count). The van der Waals surface area contributed by atoms with Gasteiger partial charge in [-0.2, -0.15) is 0 Å². The van der Waals surface area contributed by atoms with Gasteiger partial charge in [-0.3, -0.25) is 0 Å². The molecule has 1 aromatic heterocycles. The van der Waals surface area contributed by atoms with Crippen LogP contribution < -0.4 is 16.6 Å². The standard InChI is InChI=1S/C11H21N5/c1-5-7(2)8(3)13-10-6-11(16-12)15-9(4)14-10/h6-8H,5,12H2,1-4H3,(H2,13,14,15,16). The Morgan fingerprint density at radius 3 is 2.50 bits per heavy atom. The smallest absolute Gasteiger partial charge is 0.145 e. The third-order valence-electron chi connectivity index (χ3n) is 2.86. The molecule has 0 aliphatic heterocycles. The predicted octanol–water partition coefficient (Wildman–Crippen LogP) is 1.92. The van der Waals surface area contributed by atoms with Crippen molar-refractivity contribution in [1.82, 2.24) is 9.97 Å². The van der Waals surface area contributed by atoms with E-state index in [0.29, 0.717) is 23.6 Å². The number of nitrogens with one attached hydrogen (secondary N) is 2. The summed E-state index contributed by atoms with van der Waals surface area (Å²) in [6.45, 7) is 8.40. The molecule has 0 spiro atoms. The minimum Gasteiger partial charge on any atom is -0.367 e. The number of nitrogens with zero attached hydrogens (tertiary/aromatic N) is 2. The Balaban J connectivity index is 2.76. The van der Waals surface area contributed by atoms with E-state index < -0.39 is 0 Å². The van der Waals surface area contributed by atoms with Gasteiger partial charge in [-0.1, -0.05) is 20.3 Å². The number of nitrogens with two attached hydrogens (primary N) is 1. The maximum absolute atomic E-state index is 5.34. The Labute approximate surface area is 96.8 Å². The molecule has 90 valence electrons. The number of aryl methyl sites for hydroxylation is 1. The second-order valence-electron chi connectivity index (χ2n) is 4.15. The summed E-state index contributed by atoms with van der Waals surface area (Å²) < 4.78 is 0. The van der Waals surface area contributed by atoms with Crippen molar-refractivity contribution in [2.75, 3.05) is 10.7 Å². The van der Waals surface area contributed by atoms with Gasteiger partial charge in [0, 0.05) is 12.1 Å². The van der Waals surface area contributed by atoms with E-state index in [1.165, 1.54) is 0 Å². The zero-order valence-corrected chi connectivity index (χ0v) is 10.4. The fourth-order valence-corrected chi connectivity index (χ4v) is 1.44. The minimum absolute atomic E-state index is 0.380. The van der Waals surface area contributed by atoms with Gasteiger partial charge in [-0.05, 0) is 19.8 Å². The zero-order chi connectivity index (χ0) is 12.1. The number of anilines is 2. The molecule has 0 saturated carbocycles. The lowest BCUT2D eigenvalue weighted by Gasteiger charge is -2.20. The molecule has 0 saturated heterocycles. The second-order valence-corrected chi connectivity index (χ2v) is 4.15. The molecule has 5 heteroatoms. The number of hydrogen-bond acceptors (Lipinski definition) is 5. The van der Waals surface area contributed by atoms with Crippen LogP contribution in [0.4, 0.5) is 11.6 Å². The van der Waals surface area contributed by atoms with Crippen LogP contribution in [0.15, 0.2) is 6.07 Å². The zero-order valence-electron chi connectivity index (χ0n) is 10.4. The average molecular weight is 223 g/mol. The van der Waals surface area contributed by atoms with Crippen LogP contribution in [-0.2, 0) is 0 Å². The number of hydrogen-bond donors (Lipinski definition) is 3. The van der Waals surface area contributed by atoms with Gasteiger partial charge in [-0.25, -0.2) is 15.8 Å². The van der Waals surface area contributed by atoms with Crippen molar-refractivity contribution in [2.24, 2.45) is 11.8 Å². The molecule has 0 amide bonds. The lowest BCUT2D eigenvalue weighted by molar-refractivity contribution is 0.493. The first kappa shape index (κ1) is 12.7. The van der Waals surface area contributed by atoms with E-state index in [9.17, 15) is 0 Å². The van der Waals surface area contributed by atoms with Crippen molar-refractivity contribution >= 4 is 11.6 Å². The van der Waals surface area contributed by atoms with Gasteiger partial charge in [0.2, 0.25) is 0 Å². The molecule has 4 N–H and O–H groups in total. The van der Waals surface area contributed by atoms with Crippen LogP contribution in [-0.4, -0.2) is 16.0 Å². The third-order valence-corrected chi connectivity index (χ3v) is 2.86. The molecule has 0 aliphatic rings. The molecule has 0 bridgehead atoms. The molecule has 0 aliphatic carbocycles. The summed E-state index contributed by atoms with van der Waals surface area (Å²) in [6.07, 6.45) is 1.14. The Bertz CT molecular complexity index is 339. The molecule has 0 aromatic carbocycles. The number of aromatic nitrogens is 2. The van der Waals surface area contributed by atoms with E-state index in [2.05, 4.69) is 41.5 Å². The lowest BCUT2D eigenvalue weighted by atomic mass is 10.0. The summed E-state index contributed by atoms with van der Waals surface area (Å²) in [6, 6.07) is 2.19. The lowest BCUT2D eigenvalue weighted by Crippen LogP contribution is -2.24. The topological polar surface area (TPSA) is 75.9 Å². The van der Waals surface area contributed by atoms with Gasteiger partial charge in [0.25, 0.3) is 0 Å². The summed E-state index contributed by atoms with van der Waals surface area (Å²) in [5, 5.41) is 3.36. The molecule has 0 fully saturated rings. The first-order chi connectivity index (χ1) is 7.56. The molecule has 5 nitrogen and oxygen atoms in total. The van der Waals surface area contributed by atoms with Gasteiger partial charge in [0.15, 0.2) is 0 Å². The molecule has 16 heavy (non-hydrogen) atoms. The first-order valence-electron chi connectivity index (χ1n) is 5.65. The summed E-state index contributed by atoms with van der Waals surface area (Å²) in [5.41, 5.74) is 2.53. The highest BCUT2D eigenvalue weighted by molar-refractivity contribution is 5.47. The fraction of sp³-hybridized carbons (Fsp3) is 0.636. The van der Waals surface area contributed by atoms with Crippen LogP contribution in [0.25, 0.3) is 0 Å². The van der Waals surface area contributed by atoms with E-state index >= 15 is 0 Å². The van der Waals surface area contributed by atoms with Crippen molar-refractivity contribution < 1.29 is 0 Å². The number of hydrazine groups is 1. The third kappa shape index (κ3) is 3.34. The molecule has 0 radical (unpaired) electrons. The average Bonchev–Trinajstić information content (AvgIpc) is 2.26. The van der Waals surface area contributed by atoms with E-state index in [-0.39, 0.29) is 0 Å². The largest absolute Gasteiger partial charge is 0.367 e. The van der Waals surface area contributed by atoms with E-state index in [1.54, 1.807) is 0 Å². The van der Waals surface area contributed by atoms with Crippen LogP contribution in [0.2, 0.25) is 0 Å². The summed E-state index contributed by atoms with van der Waals surface area (Å²) in [4.78, 5) is 8.46. The Morgan fingerprint density at radius 2 is 1.94 bits per heavy atom. The van der Waals surface area contributed by atoms with Crippen LogP contribution >= 0.6 is 0 Å². The SMILES string of the molecule is CCC(C)C(C)Nc1cc(NN)nc(C)n1. The van der Waals surface area contributed by atoms with E-state index in [0.717, 1.165) is 12.2 Å². The van der Waals surface area contributed by atoms with Crippen molar-refractivity contribution in [1.29, 1.82) is 0 Å². The predicted molar refractivity (Wildman–Crippen MR) is 67.1 cm³/mol. The molecule has 2 atom stereocenters. The maximum atomic E-state index is 5.34. The monoisotopic (exact) mass is 223 g/mol. The fourth-order valence-electron chi connectivity index (χ4n) is 1.44. The Hall–Kier alpha value is -1.36. The van der Waals surface area contributed by atoms with Crippen molar-refractivity contribution in [2.45, 2.75) is 40.2 Å². The van der Waals surface area contributed by atoms with Gasteiger partial charge >= 0.3 is 0 Å². The Morgan fingerprint density at radius 1 is 1.31 bits per heavy atom. The van der Waals surface area contributed by atoms with Crippen molar-refractivity contribution in [3.05, 3.63) is 11.9 Å². The van der Waals surface area contributed by atoms with Gasteiger partial charge in [-0.15, -0.1) is 0 Å². The van der Waals surface area contributed by atoms with Crippen LogP contribution in [0.5, 0.6) is 0 Å². The van der Waals surface area contributed by atoms with Gasteiger partial charge in [0.1, 0.15) is 17.5 Å². The maximum Gasteiger partial charge on any atom is 0.145 e. The molecule has 1 aromatic rings. The minimum atomic E-state index is 0.380. The molecule has 1 heterocycles. The highest BCUT2D eigenvalue weighted by atomic mass is 15.3.